The van der Waals surface area contributed by atoms with Crippen LogP contribution < -0.4 is 0 Å². The van der Waals surface area contributed by atoms with Crippen molar-refractivity contribution in [3.63, 3.8) is 0 Å². The maximum absolute atomic E-state index is 13.4. The molecule has 0 bridgehead atoms. The third-order valence-corrected chi connectivity index (χ3v) is 5.22. The Hall–Kier alpha value is -2.34. The van der Waals surface area contributed by atoms with E-state index in [9.17, 15) is 4.79 Å². The van der Waals surface area contributed by atoms with Crippen molar-refractivity contribution < 1.29 is 4.79 Å². The standard InChI is InChI=1S/C21H25BrN4O/c1-14(2)25(13-17-11-23-24(5)12-17)21(27)20-9-15(3)26(16(20)4)19-8-6-7-18(22)10-19/h6-12,14H,13H2,1-5H3. The zero-order valence-corrected chi connectivity index (χ0v) is 18.0. The fraction of sp³-hybridized carbons (Fsp3) is 0.333. The van der Waals surface area contributed by atoms with Crippen molar-refractivity contribution in [3.05, 3.63) is 69.7 Å². The van der Waals surface area contributed by atoms with E-state index in [1.54, 1.807) is 4.68 Å². The van der Waals surface area contributed by atoms with Crippen LogP contribution in [-0.2, 0) is 13.6 Å². The van der Waals surface area contributed by atoms with Crippen LogP contribution in [-0.4, -0.2) is 31.2 Å². The molecule has 5 nitrogen and oxygen atoms in total. The van der Waals surface area contributed by atoms with Gasteiger partial charge in [0, 0.05) is 52.9 Å². The SMILES string of the molecule is Cc1cc(C(=O)N(Cc2cnn(C)c2)C(C)C)c(C)n1-c1cccc(Br)c1. The van der Waals surface area contributed by atoms with Crippen LogP contribution in [0.15, 0.2) is 47.2 Å². The van der Waals surface area contributed by atoms with Crippen molar-refractivity contribution >= 4 is 21.8 Å². The summed E-state index contributed by atoms with van der Waals surface area (Å²) >= 11 is 3.53. The molecule has 0 spiro atoms. The van der Waals surface area contributed by atoms with Gasteiger partial charge in [-0.15, -0.1) is 0 Å². The largest absolute Gasteiger partial charge is 0.332 e. The van der Waals surface area contributed by atoms with Crippen molar-refractivity contribution in [3.8, 4) is 5.69 Å². The Morgan fingerprint density at radius 3 is 2.59 bits per heavy atom. The van der Waals surface area contributed by atoms with Gasteiger partial charge in [0.25, 0.3) is 5.91 Å². The molecule has 0 N–H and O–H groups in total. The molecule has 0 atom stereocenters. The van der Waals surface area contributed by atoms with Gasteiger partial charge in [0.2, 0.25) is 0 Å². The van der Waals surface area contributed by atoms with E-state index in [0.717, 1.165) is 32.7 Å². The van der Waals surface area contributed by atoms with Gasteiger partial charge >= 0.3 is 0 Å². The molecular formula is C21H25BrN4O. The quantitative estimate of drug-likeness (QED) is 0.593. The van der Waals surface area contributed by atoms with Gasteiger partial charge in [0.15, 0.2) is 0 Å². The van der Waals surface area contributed by atoms with Gasteiger partial charge in [-0.1, -0.05) is 22.0 Å². The second kappa shape index (κ2) is 7.72. The zero-order chi connectivity index (χ0) is 19.7. The predicted octanol–water partition coefficient (Wildman–Crippen LogP) is 4.64. The summed E-state index contributed by atoms with van der Waals surface area (Å²) in [6.45, 7) is 8.67. The Labute approximate surface area is 168 Å². The molecule has 0 aliphatic heterocycles. The van der Waals surface area contributed by atoms with Gasteiger partial charge in [-0.25, -0.2) is 0 Å². The summed E-state index contributed by atoms with van der Waals surface area (Å²) in [6.07, 6.45) is 3.76. The number of hydrogen-bond donors (Lipinski definition) is 0. The lowest BCUT2D eigenvalue weighted by Gasteiger charge is -2.26. The minimum absolute atomic E-state index is 0.0446. The molecule has 3 aromatic rings. The minimum Gasteiger partial charge on any atom is -0.332 e. The van der Waals surface area contributed by atoms with Crippen molar-refractivity contribution in [2.75, 3.05) is 0 Å². The van der Waals surface area contributed by atoms with Crippen LogP contribution in [0.25, 0.3) is 5.69 Å². The van der Waals surface area contributed by atoms with Crippen LogP contribution >= 0.6 is 15.9 Å². The van der Waals surface area contributed by atoms with E-state index in [0.29, 0.717) is 6.54 Å². The lowest BCUT2D eigenvalue weighted by atomic mass is 10.1. The van der Waals surface area contributed by atoms with Crippen LogP contribution in [0.2, 0.25) is 0 Å². The van der Waals surface area contributed by atoms with Crippen LogP contribution in [0.5, 0.6) is 0 Å². The summed E-state index contributed by atoms with van der Waals surface area (Å²) in [6, 6.07) is 10.2. The van der Waals surface area contributed by atoms with E-state index in [1.807, 2.05) is 70.2 Å². The second-order valence-corrected chi connectivity index (χ2v) is 8.06. The van der Waals surface area contributed by atoms with E-state index >= 15 is 0 Å². The summed E-state index contributed by atoms with van der Waals surface area (Å²) in [5.41, 5.74) is 4.80. The number of hydrogen-bond acceptors (Lipinski definition) is 2. The van der Waals surface area contributed by atoms with Crippen LogP contribution in [0, 0.1) is 13.8 Å². The second-order valence-electron chi connectivity index (χ2n) is 7.15. The number of carbonyl (C=O) groups excluding carboxylic acids is 1. The van der Waals surface area contributed by atoms with Gasteiger partial charge in [-0.3, -0.25) is 9.48 Å². The first-order chi connectivity index (χ1) is 12.8. The highest BCUT2D eigenvalue weighted by atomic mass is 79.9. The Balaban J connectivity index is 1.97. The summed E-state index contributed by atoms with van der Waals surface area (Å²) in [5, 5.41) is 4.21. The lowest BCUT2D eigenvalue weighted by Crippen LogP contribution is -2.36. The maximum Gasteiger partial charge on any atom is 0.256 e. The number of carbonyl (C=O) groups is 1. The molecule has 3 rings (SSSR count). The Morgan fingerprint density at radius 1 is 1.26 bits per heavy atom. The van der Waals surface area contributed by atoms with E-state index < -0.39 is 0 Å². The van der Waals surface area contributed by atoms with Gasteiger partial charge in [0.1, 0.15) is 0 Å². The molecule has 0 fully saturated rings. The molecule has 0 aliphatic carbocycles. The zero-order valence-electron chi connectivity index (χ0n) is 16.4. The smallest absolute Gasteiger partial charge is 0.256 e. The summed E-state index contributed by atoms with van der Waals surface area (Å²) < 4.78 is 4.90. The molecule has 0 aliphatic rings. The molecule has 0 radical (unpaired) electrons. The van der Waals surface area contributed by atoms with E-state index in [1.165, 1.54) is 0 Å². The van der Waals surface area contributed by atoms with E-state index in [2.05, 4.69) is 37.7 Å². The average Bonchev–Trinajstić information content (AvgIpc) is 3.14. The fourth-order valence-electron chi connectivity index (χ4n) is 3.39. The topological polar surface area (TPSA) is 43.1 Å². The van der Waals surface area contributed by atoms with Crippen molar-refractivity contribution in [2.45, 2.75) is 40.3 Å². The summed E-state index contributed by atoms with van der Waals surface area (Å²) in [7, 11) is 1.89. The van der Waals surface area contributed by atoms with Crippen LogP contribution in [0.3, 0.4) is 0 Å². The molecule has 1 amide bonds. The number of halogens is 1. The fourth-order valence-corrected chi connectivity index (χ4v) is 3.77. The van der Waals surface area contributed by atoms with Crippen LogP contribution in [0.1, 0.15) is 41.2 Å². The van der Waals surface area contributed by atoms with Crippen molar-refractivity contribution in [2.24, 2.45) is 7.05 Å². The highest BCUT2D eigenvalue weighted by Gasteiger charge is 2.24. The molecular weight excluding hydrogens is 404 g/mol. The average molecular weight is 429 g/mol. The first-order valence-electron chi connectivity index (χ1n) is 9.01. The van der Waals surface area contributed by atoms with Gasteiger partial charge in [-0.2, -0.15) is 5.10 Å². The van der Waals surface area contributed by atoms with Crippen LogP contribution in [0.4, 0.5) is 0 Å². The molecule has 1 aromatic carbocycles. The molecule has 142 valence electrons. The molecule has 6 heteroatoms. The van der Waals surface area contributed by atoms with Crippen molar-refractivity contribution in [1.82, 2.24) is 19.2 Å². The highest BCUT2D eigenvalue weighted by Crippen LogP contribution is 2.25. The first-order valence-corrected chi connectivity index (χ1v) is 9.80. The number of aromatic nitrogens is 3. The van der Waals surface area contributed by atoms with Crippen molar-refractivity contribution in [1.29, 1.82) is 0 Å². The predicted molar refractivity (Wildman–Crippen MR) is 111 cm³/mol. The molecule has 0 saturated carbocycles. The molecule has 0 saturated heterocycles. The van der Waals surface area contributed by atoms with E-state index in [4.69, 9.17) is 0 Å². The maximum atomic E-state index is 13.4. The number of aryl methyl sites for hydroxylation is 2. The lowest BCUT2D eigenvalue weighted by molar-refractivity contribution is 0.0689. The number of amides is 1. The highest BCUT2D eigenvalue weighted by molar-refractivity contribution is 9.10. The Morgan fingerprint density at radius 2 is 2.00 bits per heavy atom. The third-order valence-electron chi connectivity index (χ3n) is 4.72. The summed E-state index contributed by atoms with van der Waals surface area (Å²) in [4.78, 5) is 15.3. The van der Waals surface area contributed by atoms with Gasteiger partial charge < -0.3 is 9.47 Å². The van der Waals surface area contributed by atoms with Gasteiger partial charge in [-0.05, 0) is 52.0 Å². The summed E-state index contributed by atoms with van der Waals surface area (Å²) in [5.74, 6) is 0.0446. The normalized spacial score (nSPS) is 11.2. The Bertz CT molecular complexity index is 970. The Kier molecular flexibility index (Phi) is 5.56. The minimum atomic E-state index is 0.0446. The number of benzene rings is 1. The third kappa shape index (κ3) is 4.00. The van der Waals surface area contributed by atoms with Gasteiger partial charge in [0.05, 0.1) is 11.8 Å². The molecule has 27 heavy (non-hydrogen) atoms. The van der Waals surface area contributed by atoms with E-state index in [-0.39, 0.29) is 11.9 Å². The number of nitrogens with zero attached hydrogens (tertiary/aromatic N) is 4. The molecule has 2 aromatic heterocycles. The molecule has 0 unspecified atom stereocenters. The first kappa shape index (κ1) is 19.4. The molecule has 2 heterocycles. The number of rotatable bonds is 5. The monoisotopic (exact) mass is 428 g/mol.